The first kappa shape index (κ1) is 15.8. The summed E-state index contributed by atoms with van der Waals surface area (Å²) >= 11 is 0. The summed E-state index contributed by atoms with van der Waals surface area (Å²) in [4.78, 5) is 16.4. The van der Waals surface area contributed by atoms with E-state index >= 15 is 0 Å². The summed E-state index contributed by atoms with van der Waals surface area (Å²) in [5, 5.41) is 0.967. The first-order valence-electron chi connectivity index (χ1n) is 8.44. The van der Waals surface area contributed by atoms with Crippen LogP contribution in [-0.2, 0) is 6.54 Å². The van der Waals surface area contributed by atoms with Crippen LogP contribution in [0.15, 0.2) is 63.8 Å². The summed E-state index contributed by atoms with van der Waals surface area (Å²) in [6.07, 6.45) is 0. The van der Waals surface area contributed by atoms with Crippen molar-refractivity contribution in [2.24, 2.45) is 0 Å². The number of piperazine rings is 1. The number of anilines is 1. The lowest BCUT2D eigenvalue weighted by atomic mass is 10.1. The number of nitrogens with zero attached hydrogens (tertiary/aromatic N) is 2. The van der Waals surface area contributed by atoms with E-state index in [2.05, 4.69) is 9.80 Å². The molecule has 3 aromatic rings. The molecule has 0 atom stereocenters. The van der Waals surface area contributed by atoms with Gasteiger partial charge in [-0.1, -0.05) is 24.3 Å². The third-order valence-corrected chi connectivity index (χ3v) is 4.66. The average molecular weight is 338 g/mol. The molecule has 0 N–H and O–H groups in total. The van der Waals surface area contributed by atoms with E-state index in [0.29, 0.717) is 5.58 Å². The van der Waals surface area contributed by atoms with Crippen molar-refractivity contribution >= 4 is 16.7 Å². The van der Waals surface area contributed by atoms with E-state index in [0.717, 1.165) is 49.4 Å². The van der Waals surface area contributed by atoms with Gasteiger partial charge in [0.05, 0.1) is 5.69 Å². The van der Waals surface area contributed by atoms with Crippen LogP contribution in [0.3, 0.4) is 0 Å². The summed E-state index contributed by atoms with van der Waals surface area (Å²) in [5.41, 5.74) is 2.36. The van der Waals surface area contributed by atoms with Crippen molar-refractivity contribution in [3.63, 3.8) is 0 Å². The van der Waals surface area contributed by atoms with Gasteiger partial charge in [-0.25, -0.2) is 9.18 Å². The Kier molecular flexibility index (Phi) is 4.24. The molecular formula is C20H19FN2O2. The Balaban J connectivity index is 1.49. The standard InChI is InChI=1S/C20H19FN2O2/c21-16-7-5-15(6-8-16)14-22-9-11-23(12-10-22)18-13-20(24)25-19-4-2-1-3-17(18)19/h1-8,13H,9-12,14H2. The molecule has 4 rings (SSSR count). The first-order valence-corrected chi connectivity index (χ1v) is 8.44. The fraction of sp³-hybridized carbons (Fsp3) is 0.250. The lowest BCUT2D eigenvalue weighted by Gasteiger charge is -2.36. The van der Waals surface area contributed by atoms with Crippen LogP contribution >= 0.6 is 0 Å². The Morgan fingerprint density at radius 1 is 0.960 bits per heavy atom. The fourth-order valence-electron chi connectivity index (χ4n) is 3.35. The molecule has 1 aromatic heterocycles. The van der Waals surface area contributed by atoms with Crippen molar-refractivity contribution in [1.29, 1.82) is 0 Å². The minimum absolute atomic E-state index is 0.205. The zero-order valence-electron chi connectivity index (χ0n) is 13.8. The van der Waals surface area contributed by atoms with E-state index in [-0.39, 0.29) is 11.4 Å². The number of hydrogen-bond acceptors (Lipinski definition) is 4. The number of halogens is 1. The summed E-state index contributed by atoms with van der Waals surface area (Å²) < 4.78 is 18.3. The molecule has 128 valence electrons. The second-order valence-corrected chi connectivity index (χ2v) is 6.34. The minimum Gasteiger partial charge on any atom is -0.423 e. The zero-order chi connectivity index (χ0) is 17.2. The molecule has 0 aliphatic carbocycles. The van der Waals surface area contributed by atoms with Gasteiger partial charge in [-0.05, 0) is 29.8 Å². The van der Waals surface area contributed by atoms with Gasteiger partial charge in [-0.3, -0.25) is 4.90 Å². The molecular weight excluding hydrogens is 319 g/mol. The number of fused-ring (bicyclic) bond motifs is 1. The molecule has 0 amide bonds. The molecule has 1 aliphatic rings. The monoisotopic (exact) mass is 338 g/mol. The summed E-state index contributed by atoms with van der Waals surface area (Å²) in [7, 11) is 0. The van der Waals surface area contributed by atoms with Gasteiger partial charge in [0.1, 0.15) is 11.4 Å². The highest BCUT2D eigenvalue weighted by atomic mass is 19.1. The Bertz CT molecular complexity index is 928. The van der Waals surface area contributed by atoms with Crippen LogP contribution in [0.25, 0.3) is 11.0 Å². The van der Waals surface area contributed by atoms with Crippen LogP contribution in [0.1, 0.15) is 5.56 Å². The number of benzene rings is 2. The number of rotatable bonds is 3. The predicted molar refractivity (Wildman–Crippen MR) is 96.4 cm³/mol. The third-order valence-electron chi connectivity index (χ3n) is 4.66. The van der Waals surface area contributed by atoms with Crippen molar-refractivity contribution < 1.29 is 8.81 Å². The average Bonchev–Trinajstić information content (AvgIpc) is 2.63. The second-order valence-electron chi connectivity index (χ2n) is 6.34. The Morgan fingerprint density at radius 2 is 1.68 bits per heavy atom. The molecule has 0 bridgehead atoms. The molecule has 25 heavy (non-hydrogen) atoms. The maximum atomic E-state index is 13.0. The molecule has 4 nitrogen and oxygen atoms in total. The zero-order valence-corrected chi connectivity index (χ0v) is 13.8. The third kappa shape index (κ3) is 3.42. The maximum absolute atomic E-state index is 13.0. The van der Waals surface area contributed by atoms with E-state index < -0.39 is 0 Å². The van der Waals surface area contributed by atoms with Crippen molar-refractivity contribution in [2.75, 3.05) is 31.1 Å². The molecule has 2 aromatic carbocycles. The van der Waals surface area contributed by atoms with Crippen molar-refractivity contribution in [2.45, 2.75) is 6.54 Å². The van der Waals surface area contributed by atoms with E-state index in [1.54, 1.807) is 6.07 Å². The van der Waals surface area contributed by atoms with Gasteiger partial charge >= 0.3 is 5.63 Å². The smallest absolute Gasteiger partial charge is 0.338 e. The first-order chi connectivity index (χ1) is 12.2. The van der Waals surface area contributed by atoms with Gasteiger partial charge in [-0.15, -0.1) is 0 Å². The summed E-state index contributed by atoms with van der Waals surface area (Å²) in [5.74, 6) is -0.205. The highest BCUT2D eigenvalue weighted by molar-refractivity contribution is 5.90. The van der Waals surface area contributed by atoms with Crippen LogP contribution in [0.2, 0.25) is 0 Å². The molecule has 1 fully saturated rings. The fourth-order valence-corrected chi connectivity index (χ4v) is 3.35. The van der Waals surface area contributed by atoms with Crippen LogP contribution in [0, 0.1) is 5.82 Å². The van der Waals surface area contributed by atoms with Crippen molar-refractivity contribution in [3.05, 3.63) is 76.4 Å². The lowest BCUT2D eigenvalue weighted by Crippen LogP contribution is -2.46. The van der Waals surface area contributed by atoms with Gasteiger partial charge in [0.25, 0.3) is 0 Å². The van der Waals surface area contributed by atoms with E-state index in [1.165, 1.54) is 12.1 Å². The molecule has 0 saturated carbocycles. The Morgan fingerprint density at radius 3 is 2.44 bits per heavy atom. The Hall–Kier alpha value is -2.66. The van der Waals surface area contributed by atoms with Gasteiger partial charge in [0.15, 0.2) is 0 Å². The second kappa shape index (κ2) is 6.69. The van der Waals surface area contributed by atoms with Crippen LogP contribution < -0.4 is 10.5 Å². The van der Waals surface area contributed by atoms with Crippen LogP contribution in [0.4, 0.5) is 10.1 Å². The van der Waals surface area contributed by atoms with Crippen LogP contribution in [-0.4, -0.2) is 31.1 Å². The van der Waals surface area contributed by atoms with E-state index in [1.807, 2.05) is 36.4 Å². The largest absolute Gasteiger partial charge is 0.423 e. The normalized spacial score (nSPS) is 15.6. The Labute approximate surface area is 145 Å². The quantitative estimate of drug-likeness (QED) is 0.687. The minimum atomic E-state index is -0.317. The summed E-state index contributed by atoms with van der Waals surface area (Å²) in [6.45, 7) is 4.28. The maximum Gasteiger partial charge on any atom is 0.338 e. The highest BCUT2D eigenvalue weighted by Crippen LogP contribution is 2.26. The van der Waals surface area contributed by atoms with Crippen molar-refractivity contribution in [3.8, 4) is 0 Å². The molecule has 5 heteroatoms. The van der Waals surface area contributed by atoms with Gasteiger partial charge in [0.2, 0.25) is 0 Å². The molecule has 2 heterocycles. The van der Waals surface area contributed by atoms with Gasteiger partial charge in [0, 0.05) is 44.2 Å². The SMILES string of the molecule is O=c1cc(N2CCN(Cc3ccc(F)cc3)CC2)c2ccccc2o1. The molecule has 1 aliphatic heterocycles. The number of hydrogen-bond donors (Lipinski definition) is 0. The molecule has 0 radical (unpaired) electrons. The van der Waals surface area contributed by atoms with Crippen LogP contribution in [0.5, 0.6) is 0 Å². The highest BCUT2D eigenvalue weighted by Gasteiger charge is 2.19. The lowest BCUT2D eigenvalue weighted by molar-refractivity contribution is 0.250. The summed E-state index contributed by atoms with van der Waals surface area (Å²) in [6, 6.07) is 15.9. The van der Waals surface area contributed by atoms with E-state index in [4.69, 9.17) is 4.42 Å². The molecule has 0 unspecified atom stereocenters. The van der Waals surface area contributed by atoms with E-state index in [9.17, 15) is 9.18 Å². The topological polar surface area (TPSA) is 36.7 Å². The number of para-hydroxylation sites is 1. The van der Waals surface area contributed by atoms with Crippen molar-refractivity contribution in [1.82, 2.24) is 4.90 Å². The molecule has 1 saturated heterocycles. The molecule has 0 spiro atoms. The van der Waals surface area contributed by atoms with Gasteiger partial charge in [-0.2, -0.15) is 0 Å². The van der Waals surface area contributed by atoms with Gasteiger partial charge < -0.3 is 9.32 Å². The predicted octanol–water partition coefficient (Wildman–Crippen LogP) is 3.25.